The quantitative estimate of drug-likeness (QED) is 0.940. The van der Waals surface area contributed by atoms with E-state index < -0.39 is 0 Å². The molecule has 110 valence electrons. The molecule has 1 aliphatic heterocycles. The Morgan fingerprint density at radius 3 is 3.00 bits per heavy atom. The number of amides is 1. The molecule has 0 aromatic carbocycles. The average Bonchev–Trinajstić information content (AvgIpc) is 3.02. The summed E-state index contributed by atoms with van der Waals surface area (Å²) in [6.07, 6.45) is 6.93. The zero-order chi connectivity index (χ0) is 14.7. The molecule has 0 aliphatic carbocycles. The lowest BCUT2D eigenvalue weighted by Gasteiger charge is -2.32. The predicted octanol–water partition coefficient (Wildman–Crippen LogP) is 2.27. The Morgan fingerprint density at radius 1 is 1.43 bits per heavy atom. The number of aromatic nitrogens is 3. The summed E-state index contributed by atoms with van der Waals surface area (Å²) in [7, 11) is 0. The molecule has 3 heterocycles. The van der Waals surface area contributed by atoms with Crippen LogP contribution in [-0.2, 0) is 11.2 Å². The lowest BCUT2D eigenvalue weighted by molar-refractivity contribution is -0.130. The minimum absolute atomic E-state index is 0.187. The van der Waals surface area contributed by atoms with Crippen molar-refractivity contribution in [3.63, 3.8) is 0 Å². The van der Waals surface area contributed by atoms with Crippen LogP contribution in [0.4, 0.5) is 0 Å². The Hall–Kier alpha value is -2.17. The molecule has 1 amide bonds. The van der Waals surface area contributed by atoms with E-state index in [1.54, 1.807) is 13.1 Å². The summed E-state index contributed by atoms with van der Waals surface area (Å²) in [4.78, 5) is 17.9. The Morgan fingerprint density at radius 2 is 2.33 bits per heavy atom. The fourth-order valence-electron chi connectivity index (χ4n) is 2.95. The Kier molecular flexibility index (Phi) is 3.99. The smallest absolute Gasteiger partial charge is 0.219 e. The van der Waals surface area contributed by atoms with Crippen LogP contribution in [0, 0.1) is 5.92 Å². The number of likely N-dealkylation sites (tertiary alicyclic amines) is 1. The monoisotopic (exact) mass is 284 g/mol. The number of aromatic amines is 1. The van der Waals surface area contributed by atoms with E-state index in [9.17, 15) is 4.79 Å². The highest BCUT2D eigenvalue weighted by atomic mass is 16.2. The van der Waals surface area contributed by atoms with Gasteiger partial charge in [-0.1, -0.05) is 6.07 Å². The second-order valence-corrected chi connectivity index (χ2v) is 5.70. The maximum atomic E-state index is 11.5. The number of carbonyl (C=O) groups is 1. The number of carbonyl (C=O) groups excluding carboxylic acids is 1. The van der Waals surface area contributed by atoms with Gasteiger partial charge in [-0.05, 0) is 42.9 Å². The van der Waals surface area contributed by atoms with Crippen molar-refractivity contribution < 1.29 is 4.79 Å². The van der Waals surface area contributed by atoms with Gasteiger partial charge in [0.25, 0.3) is 0 Å². The minimum Gasteiger partial charge on any atom is -0.343 e. The molecule has 1 atom stereocenters. The molecule has 1 aliphatic rings. The van der Waals surface area contributed by atoms with Crippen LogP contribution in [0.15, 0.2) is 30.6 Å². The van der Waals surface area contributed by atoms with Gasteiger partial charge in [-0.3, -0.25) is 14.9 Å². The Balaban J connectivity index is 1.64. The second-order valence-electron chi connectivity index (χ2n) is 5.70. The number of pyridine rings is 1. The molecule has 0 unspecified atom stereocenters. The van der Waals surface area contributed by atoms with E-state index >= 15 is 0 Å². The third-order valence-electron chi connectivity index (χ3n) is 4.09. The fraction of sp³-hybridized carbons (Fsp3) is 0.438. The van der Waals surface area contributed by atoms with Gasteiger partial charge in [0.05, 0.1) is 11.4 Å². The van der Waals surface area contributed by atoms with Crippen molar-refractivity contribution >= 4 is 5.91 Å². The van der Waals surface area contributed by atoms with Gasteiger partial charge in [0.15, 0.2) is 0 Å². The minimum atomic E-state index is 0.187. The summed E-state index contributed by atoms with van der Waals surface area (Å²) in [6, 6.07) is 6.05. The molecule has 1 fully saturated rings. The molecule has 21 heavy (non-hydrogen) atoms. The molecule has 2 aromatic heterocycles. The highest BCUT2D eigenvalue weighted by Gasteiger charge is 2.21. The van der Waals surface area contributed by atoms with Crippen molar-refractivity contribution in [2.24, 2.45) is 5.92 Å². The molecule has 0 spiro atoms. The number of nitrogens with one attached hydrogen (secondary N) is 1. The van der Waals surface area contributed by atoms with Gasteiger partial charge >= 0.3 is 0 Å². The van der Waals surface area contributed by atoms with E-state index in [0.717, 1.165) is 37.3 Å². The number of hydrogen-bond acceptors (Lipinski definition) is 3. The molecule has 5 heteroatoms. The van der Waals surface area contributed by atoms with Crippen molar-refractivity contribution in [3.8, 4) is 11.4 Å². The van der Waals surface area contributed by atoms with Crippen LogP contribution in [0.2, 0.25) is 0 Å². The summed E-state index contributed by atoms with van der Waals surface area (Å²) < 4.78 is 0. The molecule has 1 N–H and O–H groups in total. The first kappa shape index (κ1) is 13.8. The van der Waals surface area contributed by atoms with Gasteiger partial charge in [0.1, 0.15) is 0 Å². The largest absolute Gasteiger partial charge is 0.343 e. The zero-order valence-corrected chi connectivity index (χ0v) is 12.2. The molecule has 1 saturated heterocycles. The topological polar surface area (TPSA) is 61.9 Å². The number of piperidine rings is 1. The normalized spacial score (nSPS) is 18.7. The summed E-state index contributed by atoms with van der Waals surface area (Å²) in [5.41, 5.74) is 3.07. The zero-order valence-electron chi connectivity index (χ0n) is 12.2. The molecule has 0 saturated carbocycles. The average molecular weight is 284 g/mol. The van der Waals surface area contributed by atoms with E-state index in [-0.39, 0.29) is 5.91 Å². The van der Waals surface area contributed by atoms with Crippen LogP contribution in [0.25, 0.3) is 11.4 Å². The molecule has 5 nitrogen and oxygen atoms in total. The van der Waals surface area contributed by atoms with Crippen molar-refractivity contribution in [1.82, 2.24) is 20.1 Å². The van der Waals surface area contributed by atoms with Gasteiger partial charge in [0, 0.05) is 32.4 Å². The lowest BCUT2D eigenvalue weighted by atomic mass is 9.92. The van der Waals surface area contributed by atoms with Crippen molar-refractivity contribution in [2.75, 3.05) is 13.1 Å². The van der Waals surface area contributed by atoms with Gasteiger partial charge in [-0.25, -0.2) is 0 Å². The Labute approximate surface area is 124 Å². The van der Waals surface area contributed by atoms with E-state index in [1.807, 2.05) is 23.2 Å². The standard InChI is InChI=1S/C16H20N4O/c1-12(21)20-8-2-3-14(11-20)9-13-4-5-15(17-10-13)16-6-7-18-19-16/h4-7,10,14H,2-3,8-9,11H2,1H3,(H,18,19)/t14-/m0/s1. The lowest BCUT2D eigenvalue weighted by Crippen LogP contribution is -2.39. The van der Waals surface area contributed by atoms with Gasteiger partial charge in [-0.2, -0.15) is 5.10 Å². The molecule has 2 aromatic rings. The number of nitrogens with zero attached hydrogens (tertiary/aromatic N) is 3. The first-order chi connectivity index (χ1) is 10.2. The van der Waals surface area contributed by atoms with Crippen molar-refractivity contribution in [2.45, 2.75) is 26.2 Å². The highest BCUT2D eigenvalue weighted by Crippen LogP contribution is 2.21. The van der Waals surface area contributed by atoms with E-state index in [0.29, 0.717) is 5.92 Å². The summed E-state index contributed by atoms with van der Waals surface area (Å²) in [5, 5.41) is 6.85. The van der Waals surface area contributed by atoms with Crippen LogP contribution in [0.5, 0.6) is 0 Å². The summed E-state index contributed by atoms with van der Waals surface area (Å²) in [6.45, 7) is 3.43. The number of rotatable bonds is 3. The highest BCUT2D eigenvalue weighted by molar-refractivity contribution is 5.73. The fourth-order valence-corrected chi connectivity index (χ4v) is 2.95. The van der Waals surface area contributed by atoms with Crippen LogP contribution in [-0.4, -0.2) is 39.1 Å². The number of hydrogen-bond donors (Lipinski definition) is 1. The predicted molar refractivity (Wildman–Crippen MR) is 80.5 cm³/mol. The van der Waals surface area contributed by atoms with E-state index in [2.05, 4.69) is 21.2 Å². The third kappa shape index (κ3) is 3.29. The summed E-state index contributed by atoms with van der Waals surface area (Å²) >= 11 is 0. The van der Waals surface area contributed by atoms with Gasteiger partial charge in [0.2, 0.25) is 5.91 Å². The maximum Gasteiger partial charge on any atom is 0.219 e. The van der Waals surface area contributed by atoms with Gasteiger partial charge in [-0.15, -0.1) is 0 Å². The molecule has 0 bridgehead atoms. The van der Waals surface area contributed by atoms with Crippen LogP contribution >= 0.6 is 0 Å². The van der Waals surface area contributed by atoms with Crippen LogP contribution in [0.1, 0.15) is 25.3 Å². The third-order valence-corrected chi connectivity index (χ3v) is 4.09. The SMILES string of the molecule is CC(=O)N1CCC[C@@H](Cc2ccc(-c3ccn[nH]3)nc2)C1. The van der Waals surface area contributed by atoms with Crippen LogP contribution in [0.3, 0.4) is 0 Å². The second kappa shape index (κ2) is 6.08. The molecule has 3 rings (SSSR count). The molecule has 0 radical (unpaired) electrons. The van der Waals surface area contributed by atoms with E-state index in [1.165, 1.54) is 12.0 Å². The number of H-pyrrole nitrogens is 1. The molecular formula is C16H20N4O. The van der Waals surface area contributed by atoms with Gasteiger partial charge < -0.3 is 4.90 Å². The van der Waals surface area contributed by atoms with E-state index in [4.69, 9.17) is 0 Å². The molecular weight excluding hydrogens is 264 g/mol. The van der Waals surface area contributed by atoms with Crippen molar-refractivity contribution in [3.05, 3.63) is 36.2 Å². The van der Waals surface area contributed by atoms with Crippen molar-refractivity contribution in [1.29, 1.82) is 0 Å². The first-order valence-corrected chi connectivity index (χ1v) is 7.42. The maximum absolute atomic E-state index is 11.5. The Bertz CT molecular complexity index is 591. The van der Waals surface area contributed by atoms with Crippen LogP contribution < -0.4 is 0 Å². The summed E-state index contributed by atoms with van der Waals surface area (Å²) in [5.74, 6) is 0.731. The first-order valence-electron chi connectivity index (χ1n) is 7.42.